The first-order valence-electron chi connectivity index (χ1n) is 8.59. The minimum absolute atomic E-state index is 0.148. The molecule has 2 aromatic rings. The highest BCUT2D eigenvalue weighted by Crippen LogP contribution is 2.32. The number of anilines is 1. The number of alkyl halides is 3. The van der Waals surface area contributed by atoms with Crippen LogP contribution < -0.4 is 25.4 Å². The maximum Gasteiger partial charge on any atom is 0.253 e. The third kappa shape index (κ3) is 7.27. The van der Waals surface area contributed by atoms with Gasteiger partial charge in [-0.2, -0.15) is 0 Å². The van der Waals surface area contributed by atoms with Crippen LogP contribution in [0.3, 0.4) is 0 Å². The highest BCUT2D eigenvalue weighted by atomic mass is 79.9. The molecule has 12 heteroatoms. The molecule has 0 saturated heterocycles. The van der Waals surface area contributed by atoms with Gasteiger partial charge in [-0.05, 0) is 71.0 Å². The summed E-state index contributed by atoms with van der Waals surface area (Å²) in [6.45, 7) is 1.91. The zero-order valence-corrected chi connectivity index (χ0v) is 22.7. The maximum absolute atomic E-state index is 12.8. The fraction of sp³-hybridized carbons (Fsp3) is 0.263. The van der Waals surface area contributed by atoms with Crippen molar-refractivity contribution < 1.29 is 14.3 Å². The molecule has 0 bridgehead atoms. The third-order valence-electron chi connectivity index (χ3n) is 4.01. The predicted octanol–water partition coefficient (Wildman–Crippen LogP) is 5.95. The molecule has 6 nitrogen and oxygen atoms in total. The van der Waals surface area contributed by atoms with E-state index in [0.717, 1.165) is 20.2 Å². The van der Waals surface area contributed by atoms with Crippen LogP contribution in [0, 0.1) is 6.92 Å². The van der Waals surface area contributed by atoms with Gasteiger partial charge in [0.05, 0.1) is 19.9 Å². The van der Waals surface area contributed by atoms with E-state index in [9.17, 15) is 4.79 Å². The average Bonchev–Trinajstić information content (AvgIpc) is 2.68. The summed E-state index contributed by atoms with van der Waals surface area (Å²) in [5.74, 6) is 0.366. The van der Waals surface area contributed by atoms with Gasteiger partial charge in [-0.1, -0.05) is 50.7 Å². The molecule has 0 saturated carbocycles. The van der Waals surface area contributed by atoms with Crippen molar-refractivity contribution in [2.75, 3.05) is 19.5 Å². The molecular weight excluding hydrogens is 616 g/mol. The predicted molar refractivity (Wildman–Crippen MR) is 137 cm³/mol. The number of ether oxygens (including phenoxy) is 2. The number of hydrogen-bond acceptors (Lipinski definition) is 4. The molecule has 1 amide bonds. The number of amides is 1. The van der Waals surface area contributed by atoms with E-state index in [4.69, 9.17) is 56.5 Å². The minimum Gasteiger partial charge on any atom is -0.493 e. The molecule has 0 aliphatic rings. The molecule has 3 N–H and O–H groups in total. The van der Waals surface area contributed by atoms with Gasteiger partial charge in [-0.15, -0.1) is 0 Å². The van der Waals surface area contributed by atoms with Crippen LogP contribution in [-0.4, -0.2) is 35.2 Å². The summed E-state index contributed by atoms with van der Waals surface area (Å²) < 4.78 is 10.2. The van der Waals surface area contributed by atoms with Crippen LogP contribution in [0.5, 0.6) is 11.5 Å². The van der Waals surface area contributed by atoms with E-state index in [1.54, 1.807) is 12.1 Å². The van der Waals surface area contributed by atoms with Crippen molar-refractivity contribution in [3.8, 4) is 11.5 Å². The molecule has 0 aliphatic heterocycles. The van der Waals surface area contributed by atoms with Crippen molar-refractivity contribution in [1.29, 1.82) is 0 Å². The van der Waals surface area contributed by atoms with Gasteiger partial charge in [0.2, 0.25) is 3.79 Å². The maximum atomic E-state index is 12.8. The van der Waals surface area contributed by atoms with Crippen LogP contribution in [-0.2, 0) is 0 Å². The van der Waals surface area contributed by atoms with E-state index in [1.807, 2.05) is 19.1 Å². The Kier molecular flexibility index (Phi) is 9.54. The SMILES string of the molecule is COc1ccc(C(=O)NC(NC(=S)Nc2c(C)cc(Br)cc2Br)C(Cl)(Cl)Cl)cc1OC. The van der Waals surface area contributed by atoms with E-state index in [0.29, 0.717) is 11.5 Å². The van der Waals surface area contributed by atoms with Gasteiger partial charge in [-0.3, -0.25) is 4.79 Å². The molecule has 2 rings (SSSR count). The summed E-state index contributed by atoms with van der Waals surface area (Å²) in [4.78, 5) is 12.8. The number of rotatable bonds is 6. The Morgan fingerprint density at radius 1 is 1.06 bits per heavy atom. The first-order valence-corrected chi connectivity index (χ1v) is 11.7. The van der Waals surface area contributed by atoms with Crippen molar-refractivity contribution in [2.45, 2.75) is 16.9 Å². The van der Waals surface area contributed by atoms with Crippen LogP contribution in [0.25, 0.3) is 0 Å². The van der Waals surface area contributed by atoms with Crippen molar-refractivity contribution in [2.24, 2.45) is 0 Å². The first-order chi connectivity index (χ1) is 14.5. The van der Waals surface area contributed by atoms with E-state index in [1.165, 1.54) is 20.3 Å². The lowest BCUT2D eigenvalue weighted by Gasteiger charge is -2.28. The normalized spacial score (nSPS) is 12.0. The summed E-state index contributed by atoms with van der Waals surface area (Å²) in [5.41, 5.74) is 1.93. The summed E-state index contributed by atoms with van der Waals surface area (Å²) in [5, 5.41) is 8.65. The van der Waals surface area contributed by atoms with Crippen molar-refractivity contribution in [1.82, 2.24) is 10.6 Å². The van der Waals surface area contributed by atoms with Gasteiger partial charge in [0.15, 0.2) is 16.6 Å². The molecule has 1 unspecified atom stereocenters. The smallest absolute Gasteiger partial charge is 0.253 e. The number of halogens is 5. The first kappa shape index (κ1) is 26.3. The third-order valence-corrected chi connectivity index (χ3v) is 5.97. The lowest BCUT2D eigenvalue weighted by Crippen LogP contribution is -2.56. The van der Waals surface area contributed by atoms with Crippen molar-refractivity contribution in [3.63, 3.8) is 0 Å². The van der Waals surface area contributed by atoms with Crippen LogP contribution in [0.1, 0.15) is 15.9 Å². The zero-order chi connectivity index (χ0) is 23.3. The second-order valence-corrected chi connectivity index (χ2v) is 10.7. The highest BCUT2D eigenvalue weighted by molar-refractivity contribution is 9.11. The molecule has 0 heterocycles. The monoisotopic (exact) mass is 631 g/mol. The van der Waals surface area contributed by atoms with Gasteiger partial charge in [-0.25, -0.2) is 0 Å². The van der Waals surface area contributed by atoms with E-state index < -0.39 is 15.9 Å². The highest BCUT2D eigenvalue weighted by Gasteiger charge is 2.35. The van der Waals surface area contributed by atoms with Crippen molar-refractivity contribution >= 4 is 95.6 Å². The number of thiocarbonyl (C=S) groups is 1. The second-order valence-electron chi connectivity index (χ2n) is 6.20. The summed E-state index contributed by atoms with van der Waals surface area (Å²) in [6.07, 6.45) is -1.13. The van der Waals surface area contributed by atoms with Gasteiger partial charge in [0.1, 0.15) is 6.17 Å². The van der Waals surface area contributed by atoms with Crippen LogP contribution in [0.15, 0.2) is 39.3 Å². The number of aryl methyl sites for hydroxylation is 1. The Hall–Kier alpha value is -0.970. The van der Waals surface area contributed by atoms with E-state index in [-0.39, 0.29) is 10.7 Å². The summed E-state index contributed by atoms with van der Waals surface area (Å²) >= 11 is 30.5. The molecule has 0 fully saturated rings. The summed E-state index contributed by atoms with van der Waals surface area (Å²) in [7, 11) is 2.97. The van der Waals surface area contributed by atoms with Gasteiger partial charge in [0.25, 0.3) is 5.91 Å². The van der Waals surface area contributed by atoms with Gasteiger partial charge in [0, 0.05) is 14.5 Å². The Morgan fingerprint density at radius 3 is 2.26 bits per heavy atom. The fourth-order valence-electron chi connectivity index (χ4n) is 2.53. The Bertz CT molecular complexity index is 967. The Balaban J connectivity index is 2.18. The van der Waals surface area contributed by atoms with Gasteiger partial charge < -0.3 is 25.4 Å². The molecule has 0 spiro atoms. The number of carbonyl (C=O) groups excluding carboxylic acids is 1. The lowest BCUT2D eigenvalue weighted by molar-refractivity contribution is 0.0934. The average molecular weight is 635 g/mol. The Morgan fingerprint density at radius 2 is 1.71 bits per heavy atom. The molecule has 168 valence electrons. The quantitative estimate of drug-likeness (QED) is 0.207. The standard InChI is InChI=1S/C19H18Br2Cl3N3O3S/c1-9-6-11(20)8-12(21)15(9)25-18(31)27-17(19(22,23)24)26-16(28)10-4-5-13(29-2)14(7-10)30-3/h4-8,17H,1-3H3,(H,26,28)(H2,25,27,31). The molecule has 1 atom stereocenters. The molecule has 0 aliphatic carbocycles. The number of carbonyl (C=O) groups is 1. The number of methoxy groups -OCH3 is 2. The summed E-state index contributed by atoms with van der Waals surface area (Å²) in [6, 6.07) is 8.46. The van der Waals surface area contributed by atoms with Crippen molar-refractivity contribution in [3.05, 3.63) is 50.4 Å². The van der Waals surface area contributed by atoms with Gasteiger partial charge >= 0.3 is 0 Å². The molecule has 31 heavy (non-hydrogen) atoms. The largest absolute Gasteiger partial charge is 0.493 e. The molecular formula is C19H18Br2Cl3N3O3S. The zero-order valence-electron chi connectivity index (χ0n) is 16.5. The minimum atomic E-state index is -1.90. The van der Waals surface area contributed by atoms with E-state index in [2.05, 4.69) is 47.8 Å². The molecule has 0 radical (unpaired) electrons. The van der Waals surface area contributed by atoms with Crippen LogP contribution in [0.2, 0.25) is 0 Å². The molecule has 0 aromatic heterocycles. The number of nitrogens with one attached hydrogen (secondary N) is 3. The fourth-order valence-corrected chi connectivity index (χ4v) is 4.62. The van der Waals surface area contributed by atoms with Crippen LogP contribution >= 0.6 is 78.9 Å². The lowest BCUT2D eigenvalue weighted by atomic mass is 10.2. The Labute approximate surface area is 217 Å². The molecule has 2 aromatic carbocycles. The topological polar surface area (TPSA) is 71.6 Å². The second kappa shape index (κ2) is 11.2. The number of hydrogen-bond donors (Lipinski definition) is 3. The van der Waals surface area contributed by atoms with E-state index >= 15 is 0 Å². The van der Waals surface area contributed by atoms with Crippen LogP contribution in [0.4, 0.5) is 5.69 Å². The number of benzene rings is 2.